The summed E-state index contributed by atoms with van der Waals surface area (Å²) < 4.78 is 21.6. The number of urea groups is 1. The number of rotatable bonds is 7. The number of anilines is 2. The van der Waals surface area contributed by atoms with Crippen LogP contribution in [-0.4, -0.2) is 30.4 Å². The average Bonchev–Trinajstić information content (AvgIpc) is 3.20. The molecule has 0 aliphatic rings. The lowest BCUT2D eigenvalue weighted by atomic mass is 10.1. The van der Waals surface area contributed by atoms with Crippen LogP contribution in [0.1, 0.15) is 11.1 Å². The molecule has 0 fully saturated rings. The molecule has 0 saturated carbocycles. The standard InChI is InChI=1S/C23H21ClN4O5/c1-13-11-32-28-22(13)27-23(29)26-18-5-4-15(9-17(18)24)33-20-6-7-25-19-10-21(31-3)14(12-30-2)8-16(19)20/h4-11H,12H2,1-3H3,(H2,26,27,28,29). The zero-order valence-electron chi connectivity index (χ0n) is 18.1. The van der Waals surface area contributed by atoms with Crippen LogP contribution in [0.15, 0.2) is 53.4 Å². The largest absolute Gasteiger partial charge is 0.496 e. The number of benzene rings is 2. The van der Waals surface area contributed by atoms with E-state index in [4.69, 9.17) is 30.3 Å². The molecule has 4 aromatic rings. The average molecular weight is 469 g/mol. The van der Waals surface area contributed by atoms with Crippen molar-refractivity contribution in [3.8, 4) is 17.2 Å². The van der Waals surface area contributed by atoms with Gasteiger partial charge in [-0.25, -0.2) is 4.79 Å². The number of fused-ring (bicyclic) bond motifs is 1. The number of methoxy groups -OCH3 is 2. The van der Waals surface area contributed by atoms with Gasteiger partial charge >= 0.3 is 6.03 Å². The molecular weight excluding hydrogens is 448 g/mol. The Morgan fingerprint density at radius 3 is 2.67 bits per heavy atom. The number of pyridine rings is 1. The molecule has 0 unspecified atom stereocenters. The highest BCUT2D eigenvalue weighted by Crippen LogP contribution is 2.35. The maximum Gasteiger partial charge on any atom is 0.324 e. The Morgan fingerprint density at radius 1 is 1.12 bits per heavy atom. The van der Waals surface area contributed by atoms with Crippen LogP contribution in [0.25, 0.3) is 10.9 Å². The number of hydrogen-bond acceptors (Lipinski definition) is 7. The molecule has 0 saturated heterocycles. The summed E-state index contributed by atoms with van der Waals surface area (Å²) in [4.78, 5) is 16.6. The van der Waals surface area contributed by atoms with Crippen molar-refractivity contribution in [1.82, 2.24) is 10.1 Å². The SMILES string of the molecule is COCc1cc2c(Oc3ccc(NC(=O)Nc4nocc4C)c(Cl)c3)ccnc2cc1OC. The fourth-order valence-corrected chi connectivity index (χ4v) is 3.41. The summed E-state index contributed by atoms with van der Waals surface area (Å²) in [5, 5.41) is 10.1. The number of aromatic nitrogens is 2. The summed E-state index contributed by atoms with van der Waals surface area (Å²) in [6.45, 7) is 2.15. The lowest BCUT2D eigenvalue weighted by Crippen LogP contribution is -2.20. The van der Waals surface area contributed by atoms with Crippen LogP contribution in [0.2, 0.25) is 5.02 Å². The molecule has 170 valence electrons. The molecule has 0 radical (unpaired) electrons. The van der Waals surface area contributed by atoms with E-state index in [1.54, 1.807) is 51.6 Å². The van der Waals surface area contributed by atoms with Crippen molar-refractivity contribution in [2.75, 3.05) is 24.9 Å². The van der Waals surface area contributed by atoms with Crippen molar-refractivity contribution in [3.05, 3.63) is 65.0 Å². The lowest BCUT2D eigenvalue weighted by molar-refractivity contribution is 0.182. The highest BCUT2D eigenvalue weighted by Gasteiger charge is 2.13. The van der Waals surface area contributed by atoms with Gasteiger partial charge in [0.1, 0.15) is 23.5 Å². The molecule has 0 aliphatic carbocycles. The van der Waals surface area contributed by atoms with Crippen LogP contribution in [0.5, 0.6) is 17.2 Å². The third-order valence-corrected chi connectivity index (χ3v) is 5.11. The number of nitrogens with zero attached hydrogens (tertiary/aromatic N) is 2. The topological polar surface area (TPSA) is 108 Å². The van der Waals surface area contributed by atoms with E-state index >= 15 is 0 Å². The van der Waals surface area contributed by atoms with Gasteiger partial charge in [-0.05, 0) is 31.2 Å². The molecule has 0 spiro atoms. The number of hydrogen-bond donors (Lipinski definition) is 2. The Labute approximate surface area is 194 Å². The van der Waals surface area contributed by atoms with Gasteiger partial charge in [-0.2, -0.15) is 0 Å². The maximum absolute atomic E-state index is 12.2. The summed E-state index contributed by atoms with van der Waals surface area (Å²) in [7, 11) is 3.22. The van der Waals surface area contributed by atoms with Crippen molar-refractivity contribution in [2.45, 2.75) is 13.5 Å². The predicted molar refractivity (Wildman–Crippen MR) is 124 cm³/mol. The fourth-order valence-electron chi connectivity index (χ4n) is 3.20. The van der Waals surface area contributed by atoms with Crippen LogP contribution in [-0.2, 0) is 11.3 Å². The Balaban J connectivity index is 1.54. The summed E-state index contributed by atoms with van der Waals surface area (Å²) >= 11 is 6.38. The number of halogens is 1. The quantitative estimate of drug-likeness (QED) is 0.354. The van der Waals surface area contributed by atoms with E-state index in [1.807, 2.05) is 12.1 Å². The smallest absolute Gasteiger partial charge is 0.324 e. The minimum absolute atomic E-state index is 0.305. The Bertz CT molecular complexity index is 1310. The molecule has 2 N–H and O–H groups in total. The molecule has 2 aromatic heterocycles. The van der Waals surface area contributed by atoms with Crippen molar-refractivity contribution in [3.63, 3.8) is 0 Å². The highest BCUT2D eigenvalue weighted by atomic mass is 35.5. The molecule has 33 heavy (non-hydrogen) atoms. The summed E-state index contributed by atoms with van der Waals surface area (Å²) in [6, 6.07) is 10.00. The van der Waals surface area contributed by atoms with Crippen molar-refractivity contribution in [1.29, 1.82) is 0 Å². The molecule has 4 rings (SSSR count). The Kier molecular flexibility index (Phi) is 6.62. The van der Waals surface area contributed by atoms with Gasteiger partial charge in [0.25, 0.3) is 0 Å². The van der Waals surface area contributed by atoms with Gasteiger partial charge in [0.2, 0.25) is 0 Å². The van der Waals surface area contributed by atoms with Gasteiger partial charge in [0.15, 0.2) is 5.82 Å². The zero-order chi connectivity index (χ0) is 23.4. The minimum atomic E-state index is -0.498. The molecule has 0 bridgehead atoms. The number of nitrogens with one attached hydrogen (secondary N) is 2. The second-order valence-corrected chi connectivity index (χ2v) is 7.50. The van der Waals surface area contributed by atoms with E-state index in [-0.39, 0.29) is 0 Å². The first-order valence-corrected chi connectivity index (χ1v) is 10.3. The monoisotopic (exact) mass is 468 g/mol. The van der Waals surface area contributed by atoms with E-state index in [9.17, 15) is 4.79 Å². The first kappa shape index (κ1) is 22.4. The molecule has 2 heterocycles. The normalized spacial score (nSPS) is 10.8. The van der Waals surface area contributed by atoms with Crippen molar-refractivity contribution >= 4 is 40.0 Å². The summed E-state index contributed by atoms with van der Waals surface area (Å²) in [5.41, 5.74) is 2.70. The van der Waals surface area contributed by atoms with Gasteiger partial charge in [-0.3, -0.25) is 10.3 Å². The number of carbonyl (C=O) groups excluding carboxylic acids is 1. The maximum atomic E-state index is 12.2. The number of carbonyl (C=O) groups is 1. The highest BCUT2D eigenvalue weighted by molar-refractivity contribution is 6.34. The minimum Gasteiger partial charge on any atom is -0.496 e. The Hall–Kier alpha value is -3.82. The summed E-state index contributed by atoms with van der Waals surface area (Å²) in [5.74, 6) is 2.11. The van der Waals surface area contributed by atoms with Gasteiger partial charge in [0, 0.05) is 42.0 Å². The molecule has 2 amide bonds. The third kappa shape index (κ3) is 5.00. The Morgan fingerprint density at radius 2 is 1.97 bits per heavy atom. The molecular formula is C23H21ClN4O5. The summed E-state index contributed by atoms with van der Waals surface area (Å²) in [6.07, 6.45) is 3.09. The third-order valence-electron chi connectivity index (χ3n) is 4.80. The first-order chi connectivity index (χ1) is 16.0. The van der Waals surface area contributed by atoms with Crippen LogP contribution < -0.4 is 20.1 Å². The van der Waals surface area contributed by atoms with E-state index in [0.717, 1.165) is 10.9 Å². The van der Waals surface area contributed by atoms with E-state index in [1.165, 1.54) is 6.26 Å². The zero-order valence-corrected chi connectivity index (χ0v) is 18.9. The molecule has 0 aliphatic heterocycles. The molecule has 2 aromatic carbocycles. The fraction of sp³-hybridized carbons (Fsp3) is 0.174. The molecule has 9 nitrogen and oxygen atoms in total. The molecule has 0 atom stereocenters. The van der Waals surface area contributed by atoms with Gasteiger partial charge in [-0.1, -0.05) is 16.8 Å². The number of amides is 2. The van der Waals surface area contributed by atoms with Crippen molar-refractivity contribution in [2.24, 2.45) is 0 Å². The van der Waals surface area contributed by atoms with Gasteiger partial charge in [-0.15, -0.1) is 0 Å². The lowest BCUT2D eigenvalue weighted by Gasteiger charge is -2.14. The van der Waals surface area contributed by atoms with Gasteiger partial charge in [0.05, 0.1) is 29.9 Å². The predicted octanol–water partition coefficient (Wildman–Crippen LogP) is 5.78. The van der Waals surface area contributed by atoms with Gasteiger partial charge < -0.3 is 24.1 Å². The van der Waals surface area contributed by atoms with E-state index < -0.39 is 6.03 Å². The van der Waals surface area contributed by atoms with E-state index in [0.29, 0.717) is 51.5 Å². The van der Waals surface area contributed by atoms with Crippen LogP contribution >= 0.6 is 11.6 Å². The van der Waals surface area contributed by atoms with Crippen LogP contribution in [0.3, 0.4) is 0 Å². The van der Waals surface area contributed by atoms with Crippen molar-refractivity contribution < 1.29 is 23.5 Å². The van der Waals surface area contributed by atoms with Crippen LogP contribution in [0, 0.1) is 6.92 Å². The number of ether oxygens (including phenoxy) is 3. The number of aryl methyl sites for hydroxylation is 1. The molecule has 10 heteroatoms. The first-order valence-electron chi connectivity index (χ1n) is 9.89. The van der Waals surface area contributed by atoms with E-state index in [2.05, 4.69) is 20.8 Å². The van der Waals surface area contributed by atoms with Crippen LogP contribution in [0.4, 0.5) is 16.3 Å². The second-order valence-electron chi connectivity index (χ2n) is 7.09. The second kappa shape index (κ2) is 9.76.